The van der Waals surface area contributed by atoms with Crippen molar-refractivity contribution < 1.29 is 4.79 Å². The summed E-state index contributed by atoms with van der Waals surface area (Å²) < 4.78 is 0.914. The van der Waals surface area contributed by atoms with Gasteiger partial charge in [0.05, 0.1) is 5.75 Å². The zero-order chi connectivity index (χ0) is 16.1. The fourth-order valence-electron chi connectivity index (χ4n) is 1.64. The first kappa shape index (κ1) is 16.8. The minimum Gasteiger partial charge on any atom is -0.368 e. The molecule has 2 aromatic rings. The SMILES string of the molecule is CSc1nc(N)nc(SCC(=O)c2ccc(Br)cc2)c1C#N. The molecule has 1 aromatic carbocycles. The molecule has 0 unspecified atom stereocenters. The Morgan fingerprint density at radius 2 is 1.95 bits per heavy atom. The van der Waals surface area contributed by atoms with Crippen molar-refractivity contribution in [3.05, 3.63) is 39.9 Å². The van der Waals surface area contributed by atoms with E-state index >= 15 is 0 Å². The van der Waals surface area contributed by atoms with Gasteiger partial charge in [0.2, 0.25) is 5.95 Å². The summed E-state index contributed by atoms with van der Waals surface area (Å²) >= 11 is 5.85. The second-order valence-corrected chi connectivity index (χ2v) is 6.78. The summed E-state index contributed by atoms with van der Waals surface area (Å²) in [5, 5.41) is 10.2. The lowest BCUT2D eigenvalue weighted by Gasteiger charge is -2.07. The van der Waals surface area contributed by atoms with Crippen molar-refractivity contribution in [3.63, 3.8) is 0 Å². The third-order valence-electron chi connectivity index (χ3n) is 2.67. The van der Waals surface area contributed by atoms with E-state index in [0.717, 1.165) is 4.47 Å². The van der Waals surface area contributed by atoms with Crippen LogP contribution >= 0.6 is 39.5 Å². The molecule has 0 spiro atoms. The fourth-order valence-corrected chi connectivity index (χ4v) is 3.38. The predicted octanol–water partition coefficient (Wildman–Crippen LogP) is 3.39. The smallest absolute Gasteiger partial charge is 0.222 e. The highest BCUT2D eigenvalue weighted by molar-refractivity contribution is 9.10. The summed E-state index contributed by atoms with van der Waals surface area (Å²) in [6.07, 6.45) is 1.81. The van der Waals surface area contributed by atoms with Crippen molar-refractivity contribution in [3.8, 4) is 6.07 Å². The number of carbonyl (C=O) groups excluding carboxylic acids is 1. The normalized spacial score (nSPS) is 10.2. The second-order valence-electron chi connectivity index (χ2n) is 4.10. The second kappa shape index (κ2) is 7.63. The van der Waals surface area contributed by atoms with Crippen LogP contribution in [0, 0.1) is 11.3 Å². The first-order valence-corrected chi connectivity index (χ1v) is 9.08. The number of nitrogens with zero attached hydrogens (tertiary/aromatic N) is 3. The molecule has 0 atom stereocenters. The Morgan fingerprint density at radius 1 is 1.32 bits per heavy atom. The van der Waals surface area contributed by atoms with Crippen molar-refractivity contribution in [2.45, 2.75) is 10.1 Å². The predicted molar refractivity (Wildman–Crippen MR) is 92.1 cm³/mol. The average Bonchev–Trinajstić information content (AvgIpc) is 2.52. The molecular weight excluding hydrogens is 384 g/mol. The van der Waals surface area contributed by atoms with E-state index in [4.69, 9.17) is 5.73 Å². The van der Waals surface area contributed by atoms with E-state index in [1.165, 1.54) is 23.5 Å². The molecule has 0 saturated heterocycles. The number of thioether (sulfide) groups is 2. The summed E-state index contributed by atoms with van der Waals surface area (Å²) in [6.45, 7) is 0. The van der Waals surface area contributed by atoms with Crippen molar-refractivity contribution in [2.24, 2.45) is 0 Å². The Hall–Kier alpha value is -1.56. The van der Waals surface area contributed by atoms with Crippen LogP contribution in [0.5, 0.6) is 0 Å². The summed E-state index contributed by atoms with van der Waals surface area (Å²) in [6, 6.07) is 9.20. The van der Waals surface area contributed by atoms with Gasteiger partial charge in [0.1, 0.15) is 21.7 Å². The number of carbonyl (C=O) groups is 1. The van der Waals surface area contributed by atoms with Crippen molar-refractivity contribution >= 4 is 51.2 Å². The molecule has 0 aliphatic carbocycles. The summed E-state index contributed by atoms with van der Waals surface area (Å²) in [5.74, 6) is 0.242. The Morgan fingerprint density at radius 3 is 2.55 bits per heavy atom. The van der Waals surface area contributed by atoms with Gasteiger partial charge in [0, 0.05) is 10.0 Å². The van der Waals surface area contributed by atoms with Crippen LogP contribution in [-0.2, 0) is 0 Å². The number of hydrogen-bond acceptors (Lipinski definition) is 7. The lowest BCUT2D eigenvalue weighted by atomic mass is 10.2. The standard InChI is InChI=1S/C14H11BrN4OS2/c1-21-12-10(6-16)13(19-14(17)18-12)22-7-11(20)8-2-4-9(15)5-3-8/h2-5H,7H2,1H3,(H2,17,18,19). The van der Waals surface area contributed by atoms with Gasteiger partial charge in [-0.25, -0.2) is 9.97 Å². The Kier molecular flexibility index (Phi) is 5.83. The van der Waals surface area contributed by atoms with Crippen molar-refractivity contribution in [1.29, 1.82) is 5.26 Å². The van der Waals surface area contributed by atoms with Crippen molar-refractivity contribution in [2.75, 3.05) is 17.7 Å². The van der Waals surface area contributed by atoms with Crippen LogP contribution in [0.3, 0.4) is 0 Å². The molecule has 22 heavy (non-hydrogen) atoms. The Balaban J connectivity index is 2.18. The van der Waals surface area contributed by atoms with Gasteiger partial charge < -0.3 is 5.73 Å². The monoisotopic (exact) mass is 394 g/mol. The van der Waals surface area contributed by atoms with Crippen LogP contribution in [-0.4, -0.2) is 27.8 Å². The summed E-state index contributed by atoms with van der Waals surface area (Å²) in [5.41, 5.74) is 6.61. The van der Waals surface area contributed by atoms with Gasteiger partial charge in [0.15, 0.2) is 5.78 Å². The van der Waals surface area contributed by atoms with Crippen molar-refractivity contribution in [1.82, 2.24) is 9.97 Å². The minimum absolute atomic E-state index is 0.0377. The fraction of sp³-hybridized carbons (Fsp3) is 0.143. The molecule has 112 valence electrons. The third kappa shape index (κ3) is 4.00. The molecule has 2 N–H and O–H groups in total. The van der Waals surface area contributed by atoms with E-state index in [0.29, 0.717) is 21.2 Å². The molecule has 5 nitrogen and oxygen atoms in total. The number of aromatic nitrogens is 2. The number of nitriles is 1. The third-order valence-corrected chi connectivity index (χ3v) is 4.86. The van der Waals surface area contributed by atoms with Crippen LogP contribution in [0.15, 0.2) is 38.8 Å². The van der Waals surface area contributed by atoms with Crippen LogP contribution in [0.4, 0.5) is 5.95 Å². The van der Waals surface area contributed by atoms with Crippen LogP contribution < -0.4 is 5.73 Å². The van der Waals surface area contributed by atoms with Gasteiger partial charge in [-0.05, 0) is 18.4 Å². The van der Waals surface area contributed by atoms with Crippen LogP contribution in [0.2, 0.25) is 0 Å². The molecule has 0 radical (unpaired) electrons. The number of rotatable bonds is 5. The maximum absolute atomic E-state index is 12.2. The van der Waals surface area contributed by atoms with Gasteiger partial charge >= 0.3 is 0 Å². The molecule has 8 heteroatoms. The number of benzene rings is 1. The van der Waals surface area contributed by atoms with Gasteiger partial charge in [0.25, 0.3) is 0 Å². The molecule has 0 fully saturated rings. The molecule has 0 aliphatic heterocycles. The largest absolute Gasteiger partial charge is 0.368 e. The van der Waals surface area contributed by atoms with E-state index < -0.39 is 0 Å². The van der Waals surface area contributed by atoms with E-state index in [1.807, 2.05) is 18.4 Å². The van der Waals surface area contributed by atoms with Crippen LogP contribution in [0.1, 0.15) is 15.9 Å². The molecule has 1 aromatic heterocycles. The first-order valence-electron chi connectivity index (χ1n) is 6.08. The average molecular weight is 395 g/mol. The molecule has 0 aliphatic rings. The maximum Gasteiger partial charge on any atom is 0.222 e. The zero-order valence-electron chi connectivity index (χ0n) is 11.5. The van der Waals surface area contributed by atoms with E-state index in [9.17, 15) is 10.1 Å². The lowest BCUT2D eigenvalue weighted by molar-refractivity contribution is 0.102. The molecule has 0 amide bonds. The maximum atomic E-state index is 12.2. The van der Waals surface area contributed by atoms with E-state index in [-0.39, 0.29) is 17.5 Å². The number of halogens is 1. The lowest BCUT2D eigenvalue weighted by Crippen LogP contribution is -2.05. The number of ketones is 1. The van der Waals surface area contributed by atoms with E-state index in [1.54, 1.807) is 12.1 Å². The van der Waals surface area contributed by atoms with E-state index in [2.05, 4.69) is 32.0 Å². The number of anilines is 1. The highest BCUT2D eigenvalue weighted by Crippen LogP contribution is 2.28. The van der Waals surface area contributed by atoms with Gasteiger partial charge in [-0.2, -0.15) is 5.26 Å². The van der Waals surface area contributed by atoms with Crippen LogP contribution in [0.25, 0.3) is 0 Å². The minimum atomic E-state index is -0.0377. The highest BCUT2D eigenvalue weighted by atomic mass is 79.9. The molecular formula is C14H11BrN4OS2. The number of hydrogen-bond donors (Lipinski definition) is 1. The summed E-state index contributed by atoms with van der Waals surface area (Å²) in [4.78, 5) is 20.3. The molecule has 0 bridgehead atoms. The number of nitrogens with two attached hydrogens (primary N) is 1. The molecule has 1 heterocycles. The highest BCUT2D eigenvalue weighted by Gasteiger charge is 2.15. The molecule has 2 rings (SSSR count). The number of nitrogen functional groups attached to an aromatic ring is 1. The van der Waals surface area contributed by atoms with Gasteiger partial charge in [-0.15, -0.1) is 11.8 Å². The Labute approximate surface area is 144 Å². The Bertz CT molecular complexity index is 744. The van der Waals surface area contributed by atoms with Gasteiger partial charge in [-0.1, -0.05) is 39.8 Å². The zero-order valence-corrected chi connectivity index (χ0v) is 14.8. The first-order chi connectivity index (χ1) is 10.5. The molecule has 0 saturated carbocycles. The number of Topliss-reactive ketones (excluding diaryl/α,β-unsaturated/α-hetero) is 1. The summed E-state index contributed by atoms with van der Waals surface area (Å²) in [7, 11) is 0. The van der Waals surface area contributed by atoms with Gasteiger partial charge in [-0.3, -0.25) is 4.79 Å². The quantitative estimate of drug-likeness (QED) is 0.471. The topological polar surface area (TPSA) is 92.7 Å².